The number of unbranched alkanes of at least 4 members (excludes halogenated alkanes) is 1. The second kappa shape index (κ2) is 9.80. The number of hydrogen-bond acceptors (Lipinski definition) is 3. The van der Waals surface area contributed by atoms with Gasteiger partial charge in [-0.25, -0.2) is 0 Å². The van der Waals surface area contributed by atoms with Crippen molar-refractivity contribution in [3.8, 4) is 5.75 Å². The molecule has 1 aromatic carbocycles. The van der Waals surface area contributed by atoms with Crippen molar-refractivity contribution < 1.29 is 9.47 Å². The lowest BCUT2D eigenvalue weighted by molar-refractivity contribution is 0.143. The van der Waals surface area contributed by atoms with Crippen LogP contribution in [-0.2, 0) is 10.2 Å². The van der Waals surface area contributed by atoms with Crippen LogP contribution >= 0.6 is 0 Å². The number of para-hydroxylation sites is 1. The van der Waals surface area contributed by atoms with E-state index in [4.69, 9.17) is 9.47 Å². The van der Waals surface area contributed by atoms with Gasteiger partial charge in [0, 0.05) is 19.8 Å². The Balaban J connectivity index is 2.19. The zero-order valence-electron chi connectivity index (χ0n) is 14.1. The van der Waals surface area contributed by atoms with Crippen molar-refractivity contribution in [1.82, 2.24) is 5.32 Å². The molecule has 3 nitrogen and oxygen atoms in total. The molecule has 0 fully saturated rings. The largest absolute Gasteiger partial charge is 0.492 e. The van der Waals surface area contributed by atoms with E-state index in [1.54, 1.807) is 0 Å². The molecule has 1 aromatic rings. The minimum absolute atomic E-state index is 0.114. The lowest BCUT2D eigenvalue weighted by atomic mass is 9.86. The van der Waals surface area contributed by atoms with Gasteiger partial charge in [-0.3, -0.25) is 0 Å². The predicted octanol–water partition coefficient (Wildman–Crippen LogP) is 3.77. The van der Waals surface area contributed by atoms with E-state index in [0.29, 0.717) is 6.61 Å². The molecule has 0 bridgehead atoms. The molecular formula is C18H31NO2. The summed E-state index contributed by atoms with van der Waals surface area (Å²) in [7, 11) is 0. The molecule has 0 heterocycles. The Bertz CT molecular complexity index is 385. The van der Waals surface area contributed by atoms with Crippen LogP contribution in [-0.4, -0.2) is 32.9 Å². The van der Waals surface area contributed by atoms with E-state index in [-0.39, 0.29) is 5.41 Å². The fraction of sp³-hybridized carbons (Fsp3) is 0.667. The molecule has 3 heteroatoms. The summed E-state index contributed by atoms with van der Waals surface area (Å²) in [5.41, 5.74) is 1.38. The average Bonchev–Trinajstić information content (AvgIpc) is 2.45. The molecule has 0 aromatic heterocycles. The molecule has 120 valence electrons. The van der Waals surface area contributed by atoms with Gasteiger partial charge in [0.2, 0.25) is 0 Å². The summed E-state index contributed by atoms with van der Waals surface area (Å²) in [6.45, 7) is 13.0. The second-order valence-electron chi connectivity index (χ2n) is 6.25. The van der Waals surface area contributed by atoms with Gasteiger partial charge in [0.1, 0.15) is 12.4 Å². The number of nitrogens with one attached hydrogen (secondary N) is 1. The Morgan fingerprint density at radius 1 is 1.00 bits per heavy atom. The Morgan fingerprint density at radius 2 is 1.76 bits per heavy atom. The third-order valence-corrected chi connectivity index (χ3v) is 3.33. The van der Waals surface area contributed by atoms with Gasteiger partial charge >= 0.3 is 0 Å². The van der Waals surface area contributed by atoms with E-state index in [0.717, 1.165) is 44.9 Å². The summed E-state index contributed by atoms with van der Waals surface area (Å²) < 4.78 is 11.2. The highest BCUT2D eigenvalue weighted by Crippen LogP contribution is 2.30. The highest BCUT2D eigenvalue weighted by atomic mass is 16.5. The molecule has 0 amide bonds. The molecule has 0 unspecified atom stereocenters. The second-order valence-corrected chi connectivity index (χ2v) is 6.25. The first-order valence-corrected chi connectivity index (χ1v) is 8.06. The van der Waals surface area contributed by atoms with Crippen LogP contribution in [0.5, 0.6) is 5.75 Å². The number of ether oxygens (including phenoxy) is 2. The first-order valence-electron chi connectivity index (χ1n) is 8.06. The molecule has 0 saturated carbocycles. The van der Waals surface area contributed by atoms with Gasteiger partial charge in [-0.1, -0.05) is 39.0 Å². The van der Waals surface area contributed by atoms with Gasteiger partial charge in [-0.15, -0.1) is 0 Å². The van der Waals surface area contributed by atoms with E-state index in [9.17, 15) is 0 Å². The van der Waals surface area contributed by atoms with Gasteiger partial charge in [0.25, 0.3) is 0 Å². The van der Waals surface area contributed by atoms with Crippen LogP contribution in [0.4, 0.5) is 0 Å². The molecule has 1 N–H and O–H groups in total. The third-order valence-electron chi connectivity index (χ3n) is 3.33. The summed E-state index contributed by atoms with van der Waals surface area (Å²) in [6, 6.07) is 8.31. The van der Waals surface area contributed by atoms with E-state index in [1.807, 2.05) is 13.0 Å². The lowest BCUT2D eigenvalue weighted by Crippen LogP contribution is -2.23. The summed E-state index contributed by atoms with van der Waals surface area (Å²) in [6.07, 6.45) is 2.27. The van der Waals surface area contributed by atoms with Gasteiger partial charge in [0.15, 0.2) is 0 Å². The van der Waals surface area contributed by atoms with Crippen LogP contribution in [0.2, 0.25) is 0 Å². The van der Waals surface area contributed by atoms with Crippen molar-refractivity contribution >= 4 is 0 Å². The molecule has 0 radical (unpaired) electrons. The molecule has 0 aliphatic carbocycles. The zero-order valence-corrected chi connectivity index (χ0v) is 14.1. The van der Waals surface area contributed by atoms with Gasteiger partial charge < -0.3 is 14.8 Å². The molecule has 1 rings (SSSR count). The zero-order chi connectivity index (χ0) is 15.6. The first-order chi connectivity index (χ1) is 10.1. The minimum Gasteiger partial charge on any atom is -0.492 e. The molecule has 0 spiro atoms. The van der Waals surface area contributed by atoms with Gasteiger partial charge in [0.05, 0.1) is 0 Å². The van der Waals surface area contributed by atoms with Gasteiger partial charge in [-0.05, 0) is 43.4 Å². The lowest BCUT2D eigenvalue weighted by Gasteiger charge is -2.22. The van der Waals surface area contributed by atoms with Gasteiger partial charge in [-0.2, -0.15) is 0 Å². The Morgan fingerprint density at radius 3 is 2.48 bits per heavy atom. The first kappa shape index (κ1) is 18.0. The standard InChI is InChI=1S/C18H31NO2/c1-5-20-14-9-8-12-19-13-15-21-17-11-7-6-10-16(17)18(2,3)4/h6-7,10-11,19H,5,8-9,12-15H2,1-4H3. The maximum Gasteiger partial charge on any atom is 0.123 e. The van der Waals surface area contributed by atoms with Crippen LogP contribution in [0.15, 0.2) is 24.3 Å². The highest BCUT2D eigenvalue weighted by molar-refractivity contribution is 5.38. The number of rotatable bonds is 10. The highest BCUT2D eigenvalue weighted by Gasteiger charge is 2.17. The van der Waals surface area contributed by atoms with Crippen LogP contribution in [0.25, 0.3) is 0 Å². The Labute approximate surface area is 130 Å². The van der Waals surface area contributed by atoms with Crippen LogP contribution in [0, 0.1) is 0 Å². The summed E-state index contributed by atoms with van der Waals surface area (Å²) in [5, 5.41) is 3.41. The molecule has 0 atom stereocenters. The quantitative estimate of drug-likeness (QED) is 0.666. The summed E-state index contributed by atoms with van der Waals surface area (Å²) >= 11 is 0. The summed E-state index contributed by atoms with van der Waals surface area (Å²) in [5.74, 6) is 1.00. The topological polar surface area (TPSA) is 30.5 Å². The Kier molecular flexibility index (Phi) is 8.40. The number of benzene rings is 1. The minimum atomic E-state index is 0.114. The average molecular weight is 293 g/mol. The molecule has 0 aliphatic heterocycles. The fourth-order valence-electron chi connectivity index (χ4n) is 2.17. The predicted molar refractivity (Wildman–Crippen MR) is 89.2 cm³/mol. The van der Waals surface area contributed by atoms with Crippen molar-refractivity contribution in [2.24, 2.45) is 0 Å². The molecule has 0 aliphatic rings. The third kappa shape index (κ3) is 7.49. The van der Waals surface area contributed by atoms with Crippen molar-refractivity contribution in [3.63, 3.8) is 0 Å². The molecular weight excluding hydrogens is 262 g/mol. The monoisotopic (exact) mass is 293 g/mol. The molecule has 21 heavy (non-hydrogen) atoms. The smallest absolute Gasteiger partial charge is 0.123 e. The number of hydrogen-bond donors (Lipinski definition) is 1. The normalized spacial score (nSPS) is 11.6. The van der Waals surface area contributed by atoms with E-state index < -0.39 is 0 Å². The van der Waals surface area contributed by atoms with E-state index in [1.165, 1.54) is 5.56 Å². The van der Waals surface area contributed by atoms with E-state index >= 15 is 0 Å². The van der Waals surface area contributed by atoms with Crippen LogP contribution < -0.4 is 10.1 Å². The van der Waals surface area contributed by atoms with Crippen LogP contribution in [0.1, 0.15) is 46.1 Å². The van der Waals surface area contributed by atoms with Crippen molar-refractivity contribution in [3.05, 3.63) is 29.8 Å². The SMILES string of the molecule is CCOCCCCNCCOc1ccccc1C(C)(C)C. The van der Waals surface area contributed by atoms with Crippen molar-refractivity contribution in [2.45, 2.75) is 46.0 Å². The van der Waals surface area contributed by atoms with Crippen LogP contribution in [0.3, 0.4) is 0 Å². The van der Waals surface area contributed by atoms with E-state index in [2.05, 4.69) is 44.3 Å². The maximum absolute atomic E-state index is 5.92. The summed E-state index contributed by atoms with van der Waals surface area (Å²) in [4.78, 5) is 0. The maximum atomic E-state index is 5.92. The molecule has 0 saturated heterocycles. The van der Waals surface area contributed by atoms with Crippen molar-refractivity contribution in [2.75, 3.05) is 32.9 Å². The Hall–Kier alpha value is -1.06. The fourth-order valence-corrected chi connectivity index (χ4v) is 2.17. The van der Waals surface area contributed by atoms with Crippen molar-refractivity contribution in [1.29, 1.82) is 0 Å².